The Bertz CT molecular complexity index is 425. The number of benzene rings is 1. The molecule has 1 aromatic rings. The molecule has 1 amide bonds. The van der Waals surface area contributed by atoms with Crippen LogP contribution in [0, 0.1) is 0 Å². The van der Waals surface area contributed by atoms with Crippen molar-refractivity contribution in [3.8, 4) is 5.75 Å². The molecule has 0 aliphatic carbocycles. The fourth-order valence-electron chi connectivity index (χ4n) is 1.10. The highest BCUT2D eigenvalue weighted by Gasteiger charge is 2.28. The molecule has 1 unspecified atom stereocenters. The third-order valence-electron chi connectivity index (χ3n) is 1.95. The fraction of sp³-hybridized carbons (Fsp3) is 0.364. The average Bonchev–Trinajstić information content (AvgIpc) is 2.26. The number of nitrogens with one attached hydrogen (secondary N) is 1. The van der Waals surface area contributed by atoms with E-state index < -0.39 is 24.7 Å². The van der Waals surface area contributed by atoms with E-state index in [0.717, 1.165) is 0 Å². The van der Waals surface area contributed by atoms with Crippen LogP contribution >= 0.6 is 12.4 Å². The minimum atomic E-state index is -4.43. The molecule has 108 valence electrons. The van der Waals surface area contributed by atoms with Gasteiger partial charge in [0.2, 0.25) is 5.91 Å². The van der Waals surface area contributed by atoms with Gasteiger partial charge in [-0.15, -0.1) is 12.4 Å². The zero-order valence-electron chi connectivity index (χ0n) is 10.0. The van der Waals surface area contributed by atoms with Crippen molar-refractivity contribution >= 4 is 24.0 Å². The van der Waals surface area contributed by atoms with E-state index in [1.807, 2.05) is 0 Å². The quantitative estimate of drug-likeness (QED) is 0.897. The van der Waals surface area contributed by atoms with Gasteiger partial charge in [0.1, 0.15) is 5.75 Å². The molecule has 1 atom stereocenters. The van der Waals surface area contributed by atoms with Crippen molar-refractivity contribution in [2.75, 3.05) is 11.9 Å². The fourth-order valence-corrected chi connectivity index (χ4v) is 1.10. The van der Waals surface area contributed by atoms with Crippen molar-refractivity contribution in [2.45, 2.75) is 19.1 Å². The first-order valence-corrected chi connectivity index (χ1v) is 5.14. The molecule has 1 rings (SSSR count). The van der Waals surface area contributed by atoms with Crippen LogP contribution in [0.25, 0.3) is 0 Å². The largest absolute Gasteiger partial charge is 0.482 e. The van der Waals surface area contributed by atoms with Crippen LogP contribution in [0.5, 0.6) is 5.75 Å². The van der Waals surface area contributed by atoms with Gasteiger partial charge in [-0.1, -0.05) is 12.1 Å². The van der Waals surface area contributed by atoms with E-state index in [0.29, 0.717) is 0 Å². The van der Waals surface area contributed by atoms with Crippen LogP contribution in [-0.2, 0) is 4.79 Å². The molecule has 0 bridgehead atoms. The van der Waals surface area contributed by atoms with Crippen LogP contribution in [-0.4, -0.2) is 24.7 Å². The lowest BCUT2D eigenvalue weighted by atomic mass is 10.2. The summed E-state index contributed by atoms with van der Waals surface area (Å²) in [5.74, 6) is -0.554. The molecule has 0 spiro atoms. The number of carbonyl (C=O) groups excluding carboxylic acids is 1. The second-order valence-electron chi connectivity index (χ2n) is 3.68. The third-order valence-corrected chi connectivity index (χ3v) is 1.95. The minimum Gasteiger partial charge on any atom is -0.482 e. The monoisotopic (exact) mass is 298 g/mol. The molecule has 8 heteroatoms. The van der Waals surface area contributed by atoms with E-state index in [-0.39, 0.29) is 23.8 Å². The van der Waals surface area contributed by atoms with Crippen LogP contribution < -0.4 is 15.8 Å². The lowest BCUT2D eigenvalue weighted by Crippen LogP contribution is -2.32. The van der Waals surface area contributed by atoms with Gasteiger partial charge in [0.15, 0.2) is 6.61 Å². The number of para-hydroxylation sites is 2. The lowest BCUT2D eigenvalue weighted by molar-refractivity contribution is -0.153. The van der Waals surface area contributed by atoms with Gasteiger partial charge in [-0.25, -0.2) is 0 Å². The molecule has 0 heterocycles. The van der Waals surface area contributed by atoms with Crippen LogP contribution in [0.1, 0.15) is 6.92 Å². The molecule has 4 nitrogen and oxygen atoms in total. The maximum atomic E-state index is 12.0. The summed E-state index contributed by atoms with van der Waals surface area (Å²) in [7, 11) is 0. The summed E-state index contributed by atoms with van der Waals surface area (Å²) >= 11 is 0. The Kier molecular flexibility index (Phi) is 6.64. The molecule has 0 aliphatic heterocycles. The van der Waals surface area contributed by atoms with Gasteiger partial charge < -0.3 is 15.8 Å². The second kappa shape index (κ2) is 7.20. The first-order valence-electron chi connectivity index (χ1n) is 5.14. The zero-order valence-corrected chi connectivity index (χ0v) is 10.8. The number of nitrogens with two attached hydrogens (primary N) is 1. The van der Waals surface area contributed by atoms with Gasteiger partial charge in [-0.2, -0.15) is 13.2 Å². The van der Waals surface area contributed by atoms with E-state index in [1.54, 1.807) is 6.07 Å². The minimum absolute atomic E-state index is 0. The number of amides is 1. The third kappa shape index (κ3) is 6.30. The van der Waals surface area contributed by atoms with E-state index in [9.17, 15) is 18.0 Å². The molecule has 0 aromatic heterocycles. The SMILES string of the molecule is CC(N)C(=O)Nc1ccccc1OCC(F)(F)F.Cl. The maximum absolute atomic E-state index is 12.0. The Morgan fingerprint density at radius 1 is 1.42 bits per heavy atom. The van der Waals surface area contributed by atoms with Crippen molar-refractivity contribution in [1.82, 2.24) is 0 Å². The highest BCUT2D eigenvalue weighted by atomic mass is 35.5. The number of anilines is 1. The van der Waals surface area contributed by atoms with Gasteiger partial charge in [0, 0.05) is 0 Å². The van der Waals surface area contributed by atoms with E-state index >= 15 is 0 Å². The number of carbonyl (C=O) groups is 1. The summed E-state index contributed by atoms with van der Waals surface area (Å²) in [4.78, 5) is 11.4. The Morgan fingerprint density at radius 2 is 2.00 bits per heavy atom. The molecule has 0 saturated heterocycles. The van der Waals surface area contributed by atoms with Gasteiger partial charge >= 0.3 is 6.18 Å². The van der Waals surface area contributed by atoms with E-state index in [1.165, 1.54) is 25.1 Å². The van der Waals surface area contributed by atoms with Gasteiger partial charge in [-0.05, 0) is 19.1 Å². The van der Waals surface area contributed by atoms with Crippen molar-refractivity contribution in [3.63, 3.8) is 0 Å². The summed E-state index contributed by atoms with van der Waals surface area (Å²) in [6, 6.07) is 5.08. The summed E-state index contributed by atoms with van der Waals surface area (Å²) in [6.07, 6.45) is -4.43. The van der Waals surface area contributed by atoms with Crippen molar-refractivity contribution in [3.05, 3.63) is 24.3 Å². The van der Waals surface area contributed by atoms with Gasteiger partial charge in [0.25, 0.3) is 0 Å². The summed E-state index contributed by atoms with van der Waals surface area (Å²) in [5.41, 5.74) is 5.50. The van der Waals surface area contributed by atoms with Crippen LogP contribution in [0.4, 0.5) is 18.9 Å². The molecule has 0 aliphatic rings. The molecule has 0 radical (unpaired) electrons. The molecular formula is C11H14ClF3N2O2. The predicted molar refractivity (Wildman–Crippen MR) is 67.5 cm³/mol. The predicted octanol–water partition coefficient (Wildman–Crippen LogP) is 2.34. The molecule has 0 fully saturated rings. The highest BCUT2D eigenvalue weighted by Crippen LogP contribution is 2.26. The van der Waals surface area contributed by atoms with Crippen molar-refractivity contribution < 1.29 is 22.7 Å². The number of ether oxygens (including phenoxy) is 1. The van der Waals surface area contributed by atoms with Crippen molar-refractivity contribution in [1.29, 1.82) is 0 Å². The maximum Gasteiger partial charge on any atom is 0.422 e. The number of rotatable bonds is 4. The lowest BCUT2D eigenvalue weighted by Gasteiger charge is -2.14. The van der Waals surface area contributed by atoms with Crippen LogP contribution in [0.15, 0.2) is 24.3 Å². The summed E-state index contributed by atoms with van der Waals surface area (Å²) < 4.78 is 40.7. The molecular weight excluding hydrogens is 285 g/mol. The molecule has 0 saturated carbocycles. The second-order valence-corrected chi connectivity index (χ2v) is 3.68. The number of halogens is 4. The van der Waals surface area contributed by atoms with Crippen LogP contribution in [0.2, 0.25) is 0 Å². The average molecular weight is 299 g/mol. The smallest absolute Gasteiger partial charge is 0.422 e. The van der Waals surface area contributed by atoms with Crippen molar-refractivity contribution in [2.24, 2.45) is 5.73 Å². The Labute approximate surface area is 114 Å². The van der Waals surface area contributed by atoms with E-state index in [2.05, 4.69) is 10.1 Å². The first kappa shape index (κ1) is 17.5. The first-order chi connectivity index (χ1) is 8.29. The van der Waals surface area contributed by atoms with Gasteiger partial charge in [-0.3, -0.25) is 4.79 Å². The zero-order chi connectivity index (χ0) is 13.8. The molecule has 19 heavy (non-hydrogen) atoms. The van der Waals surface area contributed by atoms with E-state index in [4.69, 9.17) is 5.73 Å². The Morgan fingerprint density at radius 3 is 2.53 bits per heavy atom. The van der Waals surface area contributed by atoms with Gasteiger partial charge in [0.05, 0.1) is 11.7 Å². The van der Waals surface area contributed by atoms with Crippen LogP contribution in [0.3, 0.4) is 0 Å². The topological polar surface area (TPSA) is 64.4 Å². The number of alkyl halides is 3. The Balaban J connectivity index is 0.00000324. The summed E-state index contributed by atoms with van der Waals surface area (Å²) in [5, 5.41) is 2.39. The standard InChI is InChI=1S/C11H13F3N2O2.ClH/c1-7(15)10(17)16-8-4-2-3-5-9(8)18-6-11(12,13)14;/h2-5,7H,6,15H2,1H3,(H,16,17);1H. The number of hydrogen-bond donors (Lipinski definition) is 2. The Hall–Kier alpha value is -1.47. The highest BCUT2D eigenvalue weighted by molar-refractivity contribution is 5.95. The summed E-state index contributed by atoms with van der Waals surface area (Å²) in [6.45, 7) is 0.0482. The molecule has 1 aromatic carbocycles. The normalized spacial score (nSPS) is 12.3. The number of hydrogen-bond acceptors (Lipinski definition) is 3. The molecule has 3 N–H and O–H groups in total.